The van der Waals surface area contributed by atoms with Gasteiger partial charge < -0.3 is 30.1 Å². The molecule has 1 aromatic heterocycles. The van der Waals surface area contributed by atoms with Crippen LogP contribution in [-0.2, 0) is 4.79 Å². The van der Waals surface area contributed by atoms with Crippen LogP contribution in [0.3, 0.4) is 0 Å². The Morgan fingerprint density at radius 3 is 2.73 bits per heavy atom. The van der Waals surface area contributed by atoms with Gasteiger partial charge in [0.15, 0.2) is 28.8 Å². The van der Waals surface area contributed by atoms with Gasteiger partial charge in [0.25, 0.3) is 0 Å². The summed E-state index contributed by atoms with van der Waals surface area (Å²) < 4.78 is 22.4. The molecule has 0 spiro atoms. The Balaban J connectivity index is 1.41. The Labute approximate surface area is 176 Å². The molecule has 3 aromatic rings. The topological polar surface area (TPSA) is 123 Å². The normalized spacial score (nSPS) is 11.9. The average molecular weight is 429 g/mol. The minimum absolute atomic E-state index is 0.107. The molecule has 0 saturated heterocycles. The summed E-state index contributed by atoms with van der Waals surface area (Å²) in [6.45, 7) is 0.178. The summed E-state index contributed by atoms with van der Waals surface area (Å²) in [4.78, 5) is 12.3. The number of aromatic nitrogens is 3. The molecule has 4 rings (SSSR count). The Kier molecular flexibility index (Phi) is 5.53. The molecule has 0 saturated carbocycles. The van der Waals surface area contributed by atoms with E-state index in [0.717, 1.165) is 0 Å². The number of benzene rings is 2. The van der Waals surface area contributed by atoms with Crippen molar-refractivity contribution in [3.63, 3.8) is 0 Å². The van der Waals surface area contributed by atoms with Crippen LogP contribution in [0.15, 0.2) is 41.6 Å². The third-order valence-electron chi connectivity index (χ3n) is 4.29. The highest BCUT2D eigenvalue weighted by Gasteiger charge is 2.17. The molecule has 1 aliphatic heterocycles. The van der Waals surface area contributed by atoms with E-state index in [4.69, 9.17) is 24.8 Å². The van der Waals surface area contributed by atoms with Gasteiger partial charge in [-0.3, -0.25) is 4.79 Å². The van der Waals surface area contributed by atoms with Gasteiger partial charge in [-0.05, 0) is 30.3 Å². The number of hydrogen-bond acceptors (Lipinski definition) is 9. The van der Waals surface area contributed by atoms with Gasteiger partial charge in [-0.25, -0.2) is 4.68 Å². The minimum Gasteiger partial charge on any atom is -0.493 e. The molecule has 0 unspecified atom stereocenters. The van der Waals surface area contributed by atoms with Crippen molar-refractivity contribution in [2.45, 2.75) is 5.16 Å². The lowest BCUT2D eigenvalue weighted by molar-refractivity contribution is -0.113. The first kappa shape index (κ1) is 19.7. The van der Waals surface area contributed by atoms with Crippen LogP contribution < -0.4 is 30.1 Å². The maximum Gasteiger partial charge on any atom is 0.234 e. The summed E-state index contributed by atoms with van der Waals surface area (Å²) in [6, 6.07) is 10.5. The number of nitrogen functional groups attached to an aromatic ring is 1. The van der Waals surface area contributed by atoms with Crippen LogP contribution in [0.25, 0.3) is 11.4 Å². The molecular weight excluding hydrogens is 410 g/mol. The molecule has 10 nitrogen and oxygen atoms in total. The van der Waals surface area contributed by atoms with Gasteiger partial charge in [-0.2, -0.15) is 0 Å². The Bertz CT molecular complexity index is 1090. The van der Waals surface area contributed by atoms with E-state index in [1.165, 1.54) is 16.4 Å². The molecule has 3 N–H and O–H groups in total. The summed E-state index contributed by atoms with van der Waals surface area (Å²) in [5.74, 6) is 8.87. The summed E-state index contributed by atoms with van der Waals surface area (Å²) >= 11 is 1.17. The van der Waals surface area contributed by atoms with Gasteiger partial charge in [0.2, 0.25) is 17.9 Å². The Morgan fingerprint density at radius 1 is 1.13 bits per heavy atom. The van der Waals surface area contributed by atoms with Crippen LogP contribution in [-0.4, -0.2) is 47.5 Å². The van der Waals surface area contributed by atoms with Crippen LogP contribution in [0, 0.1) is 0 Å². The molecule has 0 bridgehead atoms. The van der Waals surface area contributed by atoms with Crippen molar-refractivity contribution in [1.29, 1.82) is 0 Å². The van der Waals surface area contributed by atoms with E-state index in [0.29, 0.717) is 45.2 Å². The van der Waals surface area contributed by atoms with Crippen molar-refractivity contribution < 1.29 is 23.7 Å². The number of nitrogens with two attached hydrogens (primary N) is 1. The van der Waals surface area contributed by atoms with E-state index >= 15 is 0 Å². The highest BCUT2D eigenvalue weighted by molar-refractivity contribution is 7.99. The molecule has 30 heavy (non-hydrogen) atoms. The molecule has 2 heterocycles. The summed E-state index contributed by atoms with van der Waals surface area (Å²) in [5.41, 5.74) is 1.32. The Hall–Kier alpha value is -3.60. The van der Waals surface area contributed by atoms with Crippen LogP contribution >= 0.6 is 11.8 Å². The third kappa shape index (κ3) is 3.92. The zero-order valence-electron chi connectivity index (χ0n) is 16.2. The lowest BCUT2D eigenvalue weighted by Crippen LogP contribution is -2.16. The predicted octanol–water partition coefficient (Wildman–Crippen LogP) is 2.14. The van der Waals surface area contributed by atoms with Crippen LogP contribution in [0.4, 0.5) is 5.69 Å². The van der Waals surface area contributed by atoms with Crippen molar-refractivity contribution in [1.82, 2.24) is 14.9 Å². The molecule has 1 aliphatic rings. The molecule has 1 amide bonds. The fraction of sp³-hybridized carbons (Fsp3) is 0.211. The van der Waals surface area contributed by atoms with Crippen LogP contribution in [0.2, 0.25) is 0 Å². The number of carbonyl (C=O) groups is 1. The van der Waals surface area contributed by atoms with Gasteiger partial charge in [-0.1, -0.05) is 11.8 Å². The van der Waals surface area contributed by atoms with E-state index < -0.39 is 0 Å². The van der Waals surface area contributed by atoms with Crippen molar-refractivity contribution in [2.24, 2.45) is 0 Å². The number of nitrogens with zero attached hydrogens (tertiary/aromatic N) is 3. The fourth-order valence-corrected chi connectivity index (χ4v) is 3.51. The highest BCUT2D eigenvalue weighted by Crippen LogP contribution is 2.34. The molecule has 11 heteroatoms. The maximum absolute atomic E-state index is 12.3. The minimum atomic E-state index is -0.213. The van der Waals surface area contributed by atoms with Gasteiger partial charge in [0.05, 0.1) is 20.0 Å². The monoisotopic (exact) mass is 429 g/mol. The van der Waals surface area contributed by atoms with Gasteiger partial charge >= 0.3 is 0 Å². The smallest absolute Gasteiger partial charge is 0.234 e. The molecule has 0 atom stereocenters. The SMILES string of the molecule is COc1ccc(-c2nnc(SCC(=O)Nc3ccc4c(c3)OCO4)n2N)cc1OC. The second-order valence-corrected chi connectivity index (χ2v) is 7.09. The second-order valence-electron chi connectivity index (χ2n) is 6.15. The van der Waals surface area contributed by atoms with E-state index in [-0.39, 0.29) is 18.5 Å². The van der Waals surface area contributed by atoms with Gasteiger partial charge in [-0.15, -0.1) is 10.2 Å². The largest absolute Gasteiger partial charge is 0.493 e. The lowest BCUT2D eigenvalue weighted by atomic mass is 10.2. The number of amides is 1. The van der Waals surface area contributed by atoms with E-state index in [9.17, 15) is 4.79 Å². The number of fused-ring (bicyclic) bond motifs is 1. The number of methoxy groups -OCH3 is 2. The summed E-state index contributed by atoms with van der Waals surface area (Å²) in [7, 11) is 3.11. The van der Waals surface area contributed by atoms with E-state index in [1.54, 1.807) is 50.6 Å². The second kappa shape index (κ2) is 8.41. The van der Waals surface area contributed by atoms with E-state index in [2.05, 4.69) is 15.5 Å². The summed E-state index contributed by atoms with van der Waals surface area (Å²) in [5, 5.41) is 11.4. The zero-order chi connectivity index (χ0) is 21.1. The van der Waals surface area contributed by atoms with Crippen LogP contribution in [0.5, 0.6) is 23.0 Å². The number of nitrogens with one attached hydrogen (secondary N) is 1. The number of rotatable bonds is 7. The molecule has 2 aromatic carbocycles. The molecule has 0 radical (unpaired) electrons. The number of hydrogen-bond donors (Lipinski definition) is 2. The lowest BCUT2D eigenvalue weighted by Gasteiger charge is -2.09. The molecule has 156 valence electrons. The molecule has 0 aliphatic carbocycles. The zero-order valence-corrected chi connectivity index (χ0v) is 17.1. The predicted molar refractivity (Wildman–Crippen MR) is 111 cm³/mol. The van der Waals surface area contributed by atoms with Crippen molar-refractivity contribution in [2.75, 3.05) is 37.9 Å². The first-order chi connectivity index (χ1) is 14.6. The average Bonchev–Trinajstić information content (AvgIpc) is 3.37. The highest BCUT2D eigenvalue weighted by atomic mass is 32.2. The third-order valence-corrected chi connectivity index (χ3v) is 5.24. The van der Waals surface area contributed by atoms with E-state index in [1.807, 2.05) is 0 Å². The molecule has 0 fully saturated rings. The molecular formula is C19H19N5O5S. The van der Waals surface area contributed by atoms with Crippen LogP contribution in [0.1, 0.15) is 0 Å². The number of ether oxygens (including phenoxy) is 4. The van der Waals surface area contributed by atoms with Crippen molar-refractivity contribution >= 4 is 23.4 Å². The number of thioether (sulfide) groups is 1. The quantitative estimate of drug-likeness (QED) is 0.429. The number of anilines is 1. The summed E-state index contributed by atoms with van der Waals surface area (Å²) in [6.07, 6.45) is 0. The first-order valence-electron chi connectivity index (χ1n) is 8.84. The van der Waals surface area contributed by atoms with Crippen molar-refractivity contribution in [3.8, 4) is 34.4 Å². The first-order valence-corrected chi connectivity index (χ1v) is 9.83. The maximum atomic E-state index is 12.3. The standard InChI is InChI=1S/C19H19N5O5S/c1-26-13-5-3-11(7-15(13)27-2)18-22-23-19(24(18)20)30-9-17(25)21-12-4-6-14-16(8-12)29-10-28-14/h3-8H,9-10,20H2,1-2H3,(H,21,25). The number of carbonyl (C=O) groups excluding carboxylic acids is 1. The Morgan fingerprint density at radius 2 is 1.93 bits per heavy atom. The fourth-order valence-electron chi connectivity index (χ4n) is 2.85. The van der Waals surface area contributed by atoms with Gasteiger partial charge in [0.1, 0.15) is 0 Å². The van der Waals surface area contributed by atoms with Crippen molar-refractivity contribution in [3.05, 3.63) is 36.4 Å². The van der Waals surface area contributed by atoms with Gasteiger partial charge in [0, 0.05) is 17.3 Å².